The number of benzene rings is 1. The molecule has 0 spiro atoms. The van der Waals surface area contributed by atoms with Gasteiger partial charge >= 0.3 is 0 Å². The van der Waals surface area contributed by atoms with Gasteiger partial charge in [0, 0.05) is 0 Å². The smallest absolute Gasteiger partial charge is 0.131 e. The lowest BCUT2D eigenvalue weighted by atomic mass is 9.51. The van der Waals surface area contributed by atoms with Crippen molar-refractivity contribution in [3.63, 3.8) is 0 Å². The highest BCUT2D eigenvalue weighted by atomic mass is 16.5. The minimum atomic E-state index is -2.15. The molecular weight excluding hydrogens is 292 g/mol. The molecule has 7 heteroatoms. The van der Waals surface area contributed by atoms with Crippen LogP contribution in [0.25, 0.3) is 0 Å². The Kier molecular flexibility index (Phi) is 4.76. The Morgan fingerprint density at radius 1 is 1.18 bits per heavy atom. The van der Waals surface area contributed by atoms with Crippen molar-refractivity contribution in [2.24, 2.45) is 0 Å². The van der Waals surface area contributed by atoms with E-state index in [2.05, 4.69) is 0 Å². The van der Waals surface area contributed by atoms with Crippen LogP contribution < -0.4 is 4.74 Å². The quantitative estimate of drug-likeness (QED) is 0.371. The Labute approximate surface area is 128 Å². The summed E-state index contributed by atoms with van der Waals surface area (Å²) in [6.45, 7) is 0.724. The van der Waals surface area contributed by atoms with Gasteiger partial charge in [-0.05, 0) is 24.6 Å². The maximum absolute atomic E-state index is 10.5. The normalized spacial score (nSPS) is 35.8. The second kappa shape index (κ2) is 6.11. The van der Waals surface area contributed by atoms with Gasteiger partial charge in [-0.25, -0.2) is 0 Å². The third kappa shape index (κ3) is 2.30. The van der Waals surface area contributed by atoms with Gasteiger partial charge in [-0.3, -0.25) is 0 Å². The molecule has 0 bridgehead atoms. The van der Waals surface area contributed by atoms with Crippen molar-refractivity contribution in [2.75, 3.05) is 19.8 Å². The molecule has 1 aliphatic carbocycles. The van der Waals surface area contributed by atoms with E-state index >= 15 is 0 Å². The van der Waals surface area contributed by atoms with Crippen LogP contribution in [0.15, 0.2) is 24.3 Å². The molecule has 1 aliphatic rings. The number of hydrogen-bond acceptors (Lipinski definition) is 7. The van der Waals surface area contributed by atoms with E-state index < -0.39 is 42.5 Å². The molecule has 0 aliphatic heterocycles. The van der Waals surface area contributed by atoms with Gasteiger partial charge < -0.3 is 35.4 Å². The summed E-state index contributed by atoms with van der Waals surface area (Å²) >= 11 is 0. The molecule has 124 valence electrons. The van der Waals surface area contributed by atoms with Gasteiger partial charge in [0.15, 0.2) is 0 Å². The number of aliphatic hydroxyl groups excluding tert-OH is 4. The first-order valence-corrected chi connectivity index (χ1v) is 7.11. The maximum Gasteiger partial charge on any atom is 0.131 e. The first-order chi connectivity index (χ1) is 10.4. The molecule has 22 heavy (non-hydrogen) atoms. The van der Waals surface area contributed by atoms with Crippen LogP contribution in [0.4, 0.5) is 0 Å². The van der Waals surface area contributed by atoms with E-state index in [4.69, 9.17) is 9.84 Å². The lowest BCUT2D eigenvalue weighted by Crippen LogP contribution is -2.81. The van der Waals surface area contributed by atoms with Crippen LogP contribution in [-0.2, 0) is 0 Å². The zero-order valence-corrected chi connectivity index (χ0v) is 12.3. The third-order valence-electron chi connectivity index (χ3n) is 4.36. The number of rotatable bonds is 6. The Morgan fingerprint density at radius 3 is 2.23 bits per heavy atom. The Hall–Kier alpha value is -1.22. The fourth-order valence-electron chi connectivity index (χ4n) is 3.20. The first-order valence-electron chi connectivity index (χ1n) is 7.11. The van der Waals surface area contributed by atoms with E-state index in [0.29, 0.717) is 17.9 Å². The van der Waals surface area contributed by atoms with Gasteiger partial charge in [-0.15, -0.1) is 0 Å². The van der Waals surface area contributed by atoms with Crippen molar-refractivity contribution < 1.29 is 35.4 Å². The van der Waals surface area contributed by atoms with Crippen molar-refractivity contribution in [1.82, 2.24) is 0 Å². The first kappa shape index (κ1) is 17.1. The summed E-state index contributed by atoms with van der Waals surface area (Å²) < 4.78 is 5.30. The average molecular weight is 314 g/mol. The number of ether oxygens (including phenoxy) is 1. The Bertz CT molecular complexity index is 505. The molecule has 0 heterocycles. The third-order valence-corrected chi connectivity index (χ3v) is 4.36. The van der Waals surface area contributed by atoms with Gasteiger partial charge in [-0.1, -0.05) is 12.1 Å². The molecule has 0 amide bonds. The average Bonchev–Trinajstić information content (AvgIpc) is 2.54. The fraction of sp³-hybridized carbons (Fsp3) is 0.600. The summed E-state index contributed by atoms with van der Waals surface area (Å²) in [6.07, 6.45) is -3.45. The molecule has 7 nitrogen and oxygen atoms in total. The molecule has 0 saturated heterocycles. The van der Waals surface area contributed by atoms with Gasteiger partial charge in [0.2, 0.25) is 0 Å². The van der Waals surface area contributed by atoms with Crippen LogP contribution in [0.1, 0.15) is 18.4 Å². The zero-order valence-electron chi connectivity index (χ0n) is 12.3. The maximum atomic E-state index is 10.5. The Balaban J connectivity index is 2.39. The van der Waals surface area contributed by atoms with Crippen LogP contribution in [0, 0.1) is 0 Å². The molecule has 1 aromatic carbocycles. The van der Waals surface area contributed by atoms with E-state index in [9.17, 15) is 25.5 Å². The summed E-state index contributed by atoms with van der Waals surface area (Å²) in [7, 11) is 0. The molecule has 6 N–H and O–H groups in total. The van der Waals surface area contributed by atoms with Crippen molar-refractivity contribution >= 4 is 0 Å². The number of aliphatic hydroxyl groups is 6. The monoisotopic (exact) mass is 314 g/mol. The highest BCUT2D eigenvalue weighted by Gasteiger charge is 2.73. The van der Waals surface area contributed by atoms with E-state index in [-0.39, 0.29) is 0 Å². The summed E-state index contributed by atoms with van der Waals surface area (Å²) in [4.78, 5) is 0. The van der Waals surface area contributed by atoms with Crippen molar-refractivity contribution in [3.05, 3.63) is 29.8 Å². The second-order valence-corrected chi connectivity index (χ2v) is 5.57. The molecule has 0 aromatic heterocycles. The van der Waals surface area contributed by atoms with Gasteiger partial charge in [-0.2, -0.15) is 0 Å². The minimum absolute atomic E-state index is 0.403. The molecule has 2 rings (SSSR count). The van der Waals surface area contributed by atoms with E-state index in [1.165, 1.54) is 0 Å². The molecule has 1 unspecified atom stereocenters. The number of hydrogen-bond donors (Lipinski definition) is 6. The second-order valence-electron chi connectivity index (χ2n) is 5.57. The SMILES string of the molecule is CCOc1ccc(C2[C@@](O)([C@H](O)CO)[C@H](O)[C@@]2(O)CO)cc1. The molecule has 1 saturated carbocycles. The van der Waals surface area contributed by atoms with Crippen molar-refractivity contribution in [3.8, 4) is 5.75 Å². The zero-order chi connectivity index (χ0) is 16.5. The molecule has 5 atom stereocenters. The highest BCUT2D eigenvalue weighted by Crippen LogP contribution is 2.55. The standard InChI is InChI=1S/C15H22O7/c1-2-22-10-5-3-9(4-6-10)12-14(20,8-17)13(19)15(12,21)11(18)7-16/h3-6,11-13,16-21H,2,7-8H2,1H3/t11-,12?,13-,14-,15+/m1/s1. The van der Waals surface area contributed by atoms with Crippen LogP contribution in [0.5, 0.6) is 5.75 Å². The van der Waals surface area contributed by atoms with Crippen molar-refractivity contribution in [2.45, 2.75) is 36.3 Å². The van der Waals surface area contributed by atoms with Crippen LogP contribution in [0.2, 0.25) is 0 Å². The Morgan fingerprint density at radius 2 is 1.77 bits per heavy atom. The van der Waals surface area contributed by atoms with Crippen LogP contribution in [-0.4, -0.2) is 73.9 Å². The molecule has 1 aromatic rings. The fourth-order valence-corrected chi connectivity index (χ4v) is 3.20. The summed E-state index contributed by atoms with van der Waals surface area (Å²) in [5, 5.41) is 59.2. The predicted octanol–water partition coefficient (Wildman–Crippen LogP) is -1.65. The lowest BCUT2D eigenvalue weighted by Gasteiger charge is -2.61. The topological polar surface area (TPSA) is 131 Å². The minimum Gasteiger partial charge on any atom is -0.494 e. The summed E-state index contributed by atoms with van der Waals surface area (Å²) in [6, 6.07) is 6.37. The molecule has 0 radical (unpaired) electrons. The molecule has 1 fully saturated rings. The summed E-state index contributed by atoms with van der Waals surface area (Å²) in [5.74, 6) is -0.567. The van der Waals surface area contributed by atoms with Gasteiger partial charge in [0.1, 0.15) is 29.2 Å². The van der Waals surface area contributed by atoms with E-state index in [0.717, 1.165) is 0 Å². The molecular formula is C15H22O7. The van der Waals surface area contributed by atoms with E-state index in [1.54, 1.807) is 24.3 Å². The van der Waals surface area contributed by atoms with E-state index in [1.807, 2.05) is 6.92 Å². The summed E-state index contributed by atoms with van der Waals surface area (Å²) in [5.41, 5.74) is -3.75. The largest absolute Gasteiger partial charge is 0.494 e. The van der Waals surface area contributed by atoms with Gasteiger partial charge in [0.25, 0.3) is 0 Å². The van der Waals surface area contributed by atoms with Gasteiger partial charge in [0.05, 0.1) is 25.7 Å². The predicted molar refractivity (Wildman–Crippen MR) is 76.4 cm³/mol. The van der Waals surface area contributed by atoms with Crippen molar-refractivity contribution in [1.29, 1.82) is 0 Å². The van der Waals surface area contributed by atoms with Crippen LogP contribution >= 0.6 is 0 Å². The highest BCUT2D eigenvalue weighted by molar-refractivity contribution is 5.40. The lowest BCUT2D eigenvalue weighted by molar-refractivity contribution is -0.327. The van der Waals surface area contributed by atoms with Crippen LogP contribution in [0.3, 0.4) is 0 Å².